The molecule has 0 aromatic carbocycles. The van der Waals surface area contributed by atoms with Gasteiger partial charge in [-0.3, -0.25) is 0 Å². The minimum Gasteiger partial charge on any atom is -0.393 e. The van der Waals surface area contributed by atoms with E-state index in [1.54, 1.807) is 0 Å². The molecule has 1 aliphatic rings. The summed E-state index contributed by atoms with van der Waals surface area (Å²) in [6.45, 7) is 0.536. The molecule has 0 amide bonds. The Morgan fingerprint density at radius 2 is 2.00 bits per heavy atom. The fraction of sp³-hybridized carbons (Fsp3) is 1.00. The molecule has 1 rings (SSSR count). The molecule has 0 heterocycles. The van der Waals surface area contributed by atoms with Gasteiger partial charge < -0.3 is 15.9 Å². The monoisotopic (exact) mass is 145 g/mol. The second-order valence-electron chi connectivity index (χ2n) is 3.03. The van der Waals surface area contributed by atoms with E-state index in [2.05, 4.69) is 0 Å². The third kappa shape index (κ3) is 1.68. The molecule has 0 aliphatic heterocycles. The molecule has 0 aromatic heterocycles. The van der Waals surface area contributed by atoms with Crippen molar-refractivity contribution in [3.05, 3.63) is 0 Å². The molecule has 3 atom stereocenters. The summed E-state index contributed by atoms with van der Waals surface area (Å²) < 4.78 is 0. The summed E-state index contributed by atoms with van der Waals surface area (Å²) in [7, 11) is 0. The maximum absolute atomic E-state index is 9.30. The zero-order valence-corrected chi connectivity index (χ0v) is 6.03. The second-order valence-corrected chi connectivity index (χ2v) is 3.03. The first-order chi connectivity index (χ1) is 4.74. The van der Waals surface area contributed by atoms with Crippen molar-refractivity contribution in [3.63, 3.8) is 0 Å². The zero-order valence-electron chi connectivity index (χ0n) is 6.03. The Labute approximate surface area is 60.9 Å². The van der Waals surface area contributed by atoms with Crippen molar-refractivity contribution in [3.8, 4) is 0 Å². The van der Waals surface area contributed by atoms with Gasteiger partial charge >= 0.3 is 0 Å². The Bertz CT molecular complexity index is 108. The lowest BCUT2D eigenvalue weighted by Crippen LogP contribution is -2.36. The summed E-state index contributed by atoms with van der Waals surface area (Å²) in [5.41, 5.74) is 5.40. The van der Waals surface area contributed by atoms with E-state index in [9.17, 15) is 5.11 Å². The van der Waals surface area contributed by atoms with Crippen LogP contribution in [0.3, 0.4) is 0 Å². The predicted molar refractivity (Wildman–Crippen MR) is 38.4 cm³/mol. The van der Waals surface area contributed by atoms with Gasteiger partial charge in [0.1, 0.15) is 0 Å². The van der Waals surface area contributed by atoms with E-state index >= 15 is 0 Å². The van der Waals surface area contributed by atoms with Gasteiger partial charge in [-0.05, 0) is 31.7 Å². The lowest BCUT2D eigenvalue weighted by molar-refractivity contribution is 0.00425. The van der Waals surface area contributed by atoms with E-state index in [0.717, 1.165) is 12.8 Å². The van der Waals surface area contributed by atoms with Crippen molar-refractivity contribution in [1.29, 1.82) is 0 Å². The highest BCUT2D eigenvalue weighted by molar-refractivity contribution is 4.79. The molecule has 0 aromatic rings. The molecule has 3 nitrogen and oxygen atoms in total. The molecule has 1 aliphatic carbocycles. The number of nitrogens with two attached hydrogens (primary N) is 1. The molecular formula is C7H15NO2. The molecule has 4 N–H and O–H groups in total. The average Bonchev–Trinajstić information content (AvgIpc) is 1.88. The Hall–Kier alpha value is -0.120. The fourth-order valence-corrected chi connectivity index (χ4v) is 1.46. The first-order valence-electron chi connectivity index (χ1n) is 3.80. The maximum atomic E-state index is 9.30. The minimum atomic E-state index is -0.381. The zero-order chi connectivity index (χ0) is 7.56. The maximum Gasteiger partial charge on any atom is 0.0605 e. The minimum absolute atomic E-state index is 0.211. The van der Waals surface area contributed by atoms with Crippen molar-refractivity contribution < 1.29 is 10.2 Å². The van der Waals surface area contributed by atoms with Gasteiger partial charge in [-0.2, -0.15) is 0 Å². The number of hydrogen-bond donors (Lipinski definition) is 3. The summed E-state index contributed by atoms with van der Waals surface area (Å²) in [5, 5.41) is 18.4. The van der Waals surface area contributed by atoms with Crippen LogP contribution in [0, 0.1) is 5.92 Å². The number of hydrogen-bond acceptors (Lipinski definition) is 3. The summed E-state index contributed by atoms with van der Waals surface area (Å²) in [5.74, 6) is 0.211. The van der Waals surface area contributed by atoms with E-state index in [1.165, 1.54) is 0 Å². The highest BCUT2D eigenvalue weighted by Gasteiger charge is 2.26. The molecule has 1 saturated carbocycles. The average molecular weight is 145 g/mol. The lowest BCUT2D eigenvalue weighted by Gasteiger charge is -2.29. The number of rotatable bonds is 1. The molecule has 3 unspecified atom stereocenters. The van der Waals surface area contributed by atoms with E-state index in [4.69, 9.17) is 10.8 Å². The highest BCUT2D eigenvalue weighted by atomic mass is 16.3. The smallest absolute Gasteiger partial charge is 0.0605 e. The largest absolute Gasteiger partial charge is 0.393 e. The van der Waals surface area contributed by atoms with Gasteiger partial charge in [-0.15, -0.1) is 0 Å². The van der Waals surface area contributed by atoms with Crippen molar-refractivity contribution >= 4 is 0 Å². The van der Waals surface area contributed by atoms with Crippen molar-refractivity contribution in [2.24, 2.45) is 11.7 Å². The normalized spacial score (nSPS) is 41.7. The van der Waals surface area contributed by atoms with Gasteiger partial charge in [0.05, 0.1) is 12.2 Å². The summed E-state index contributed by atoms with van der Waals surface area (Å²) in [4.78, 5) is 0. The van der Waals surface area contributed by atoms with Crippen LogP contribution < -0.4 is 5.73 Å². The number of aliphatic hydroxyl groups excluding tert-OH is 2. The quantitative estimate of drug-likeness (QED) is 0.464. The van der Waals surface area contributed by atoms with E-state index in [1.807, 2.05) is 0 Å². The van der Waals surface area contributed by atoms with Crippen molar-refractivity contribution in [2.75, 3.05) is 6.54 Å². The van der Waals surface area contributed by atoms with E-state index in [-0.39, 0.29) is 18.1 Å². The van der Waals surface area contributed by atoms with Gasteiger partial charge in [0.2, 0.25) is 0 Å². The highest BCUT2D eigenvalue weighted by Crippen LogP contribution is 2.23. The van der Waals surface area contributed by atoms with Gasteiger partial charge in [0.15, 0.2) is 0 Å². The predicted octanol–water partition coefficient (Wildman–Crippen LogP) is -0.533. The first kappa shape index (κ1) is 7.98. The van der Waals surface area contributed by atoms with Crippen LogP contribution in [-0.2, 0) is 0 Å². The van der Waals surface area contributed by atoms with Crippen LogP contribution in [0.2, 0.25) is 0 Å². The summed E-state index contributed by atoms with van der Waals surface area (Å²) in [6.07, 6.45) is 1.46. The fourth-order valence-electron chi connectivity index (χ4n) is 1.46. The van der Waals surface area contributed by atoms with Crippen LogP contribution in [0.5, 0.6) is 0 Å². The van der Waals surface area contributed by atoms with E-state index in [0.29, 0.717) is 13.0 Å². The molecule has 60 valence electrons. The van der Waals surface area contributed by atoms with Gasteiger partial charge in [-0.1, -0.05) is 0 Å². The van der Waals surface area contributed by atoms with Crippen LogP contribution in [-0.4, -0.2) is 29.0 Å². The molecule has 10 heavy (non-hydrogen) atoms. The summed E-state index contributed by atoms with van der Waals surface area (Å²) >= 11 is 0. The molecule has 0 bridgehead atoms. The molecule has 0 radical (unpaired) electrons. The van der Waals surface area contributed by atoms with Gasteiger partial charge in [0.25, 0.3) is 0 Å². The third-order valence-corrected chi connectivity index (χ3v) is 2.23. The molecule has 0 saturated heterocycles. The van der Waals surface area contributed by atoms with Gasteiger partial charge in [-0.25, -0.2) is 0 Å². The van der Waals surface area contributed by atoms with E-state index < -0.39 is 0 Å². The third-order valence-electron chi connectivity index (χ3n) is 2.23. The van der Waals surface area contributed by atoms with Crippen LogP contribution in [0.4, 0.5) is 0 Å². The molecule has 3 heteroatoms. The van der Waals surface area contributed by atoms with Crippen molar-refractivity contribution in [2.45, 2.75) is 31.5 Å². The van der Waals surface area contributed by atoms with Crippen LogP contribution in [0.1, 0.15) is 19.3 Å². The lowest BCUT2D eigenvalue weighted by atomic mass is 9.85. The van der Waals surface area contributed by atoms with Crippen LogP contribution >= 0.6 is 0 Å². The van der Waals surface area contributed by atoms with Crippen molar-refractivity contribution in [1.82, 2.24) is 0 Å². The first-order valence-corrected chi connectivity index (χ1v) is 3.80. The molecule has 1 fully saturated rings. The SMILES string of the molecule is NCC1CCC(O)CC1O. The van der Waals surface area contributed by atoms with Crippen LogP contribution in [0.15, 0.2) is 0 Å². The summed E-state index contributed by atoms with van der Waals surface area (Å²) in [6, 6.07) is 0. The topological polar surface area (TPSA) is 66.5 Å². The Morgan fingerprint density at radius 1 is 1.30 bits per heavy atom. The van der Waals surface area contributed by atoms with Crippen LogP contribution in [0.25, 0.3) is 0 Å². The van der Waals surface area contributed by atoms with Gasteiger partial charge in [0, 0.05) is 0 Å². The Balaban J connectivity index is 2.36. The standard InChI is InChI=1S/C7H15NO2/c8-4-5-1-2-6(9)3-7(5)10/h5-7,9-10H,1-4,8H2. The number of aliphatic hydroxyl groups is 2. The molecule has 0 spiro atoms. The Kier molecular flexibility index (Phi) is 2.65. The Morgan fingerprint density at radius 3 is 2.50 bits per heavy atom. The second kappa shape index (κ2) is 3.32. The molecular weight excluding hydrogens is 130 g/mol.